The first-order valence-corrected chi connectivity index (χ1v) is 7.18. The first kappa shape index (κ1) is 16.5. The molecule has 22 heavy (non-hydrogen) atoms. The van der Waals surface area contributed by atoms with Gasteiger partial charge in [-0.3, -0.25) is 9.59 Å². The third kappa shape index (κ3) is 2.99. The van der Waals surface area contributed by atoms with E-state index in [-0.39, 0.29) is 30.2 Å². The van der Waals surface area contributed by atoms with Gasteiger partial charge in [0.25, 0.3) is 5.91 Å². The first-order chi connectivity index (χ1) is 10.2. The summed E-state index contributed by atoms with van der Waals surface area (Å²) in [5.74, 6) is -0.630. The zero-order valence-corrected chi connectivity index (χ0v) is 13.4. The Morgan fingerprint density at radius 3 is 2.68 bits per heavy atom. The van der Waals surface area contributed by atoms with Crippen LogP contribution in [0, 0.1) is 5.41 Å². The van der Waals surface area contributed by atoms with Gasteiger partial charge in [-0.25, -0.2) is 0 Å². The molecule has 0 aromatic carbocycles. The molecule has 0 spiro atoms. The highest BCUT2D eigenvalue weighted by Crippen LogP contribution is 2.32. The maximum absolute atomic E-state index is 12.5. The summed E-state index contributed by atoms with van der Waals surface area (Å²) in [5, 5.41) is 13.2. The monoisotopic (exact) mass is 310 g/mol. The molecule has 0 aliphatic carbocycles. The van der Waals surface area contributed by atoms with E-state index in [1.165, 1.54) is 12.0 Å². The largest absolute Gasteiger partial charge is 0.481 e. The summed E-state index contributed by atoms with van der Waals surface area (Å²) in [6, 6.07) is 1.62. The summed E-state index contributed by atoms with van der Waals surface area (Å²) in [4.78, 5) is 25.5. The average Bonchev–Trinajstić information content (AvgIpc) is 3.05. The smallest absolute Gasteiger partial charge is 0.313 e. The van der Waals surface area contributed by atoms with Gasteiger partial charge in [0.1, 0.15) is 11.2 Å². The standard InChI is InChI=1S/C15H22N2O5/c1-14(2,3)11-7-10(16-22-11)12(18)17-6-5-15(8-17,9-21-4)13(19)20/h7H,5-6,8-9H2,1-4H3,(H,19,20). The number of hydrogen-bond acceptors (Lipinski definition) is 5. The zero-order chi connectivity index (χ0) is 16.5. The summed E-state index contributed by atoms with van der Waals surface area (Å²) >= 11 is 0. The zero-order valence-electron chi connectivity index (χ0n) is 13.4. The Kier molecular flexibility index (Phi) is 4.28. The Balaban J connectivity index is 2.15. The maximum Gasteiger partial charge on any atom is 0.313 e. The Hall–Kier alpha value is -1.89. The van der Waals surface area contributed by atoms with Gasteiger partial charge < -0.3 is 19.3 Å². The predicted octanol–water partition coefficient (Wildman–Crippen LogP) is 1.54. The molecule has 1 aromatic rings. The number of carboxylic acids is 1. The number of carbonyl (C=O) groups is 2. The van der Waals surface area contributed by atoms with E-state index in [1.807, 2.05) is 20.8 Å². The van der Waals surface area contributed by atoms with Crippen LogP contribution in [0.25, 0.3) is 0 Å². The van der Waals surface area contributed by atoms with E-state index in [0.717, 1.165) is 0 Å². The van der Waals surface area contributed by atoms with Crippen LogP contribution >= 0.6 is 0 Å². The number of hydrogen-bond donors (Lipinski definition) is 1. The van der Waals surface area contributed by atoms with Crippen LogP contribution in [0.3, 0.4) is 0 Å². The van der Waals surface area contributed by atoms with Crippen molar-refractivity contribution in [1.82, 2.24) is 10.1 Å². The Morgan fingerprint density at radius 1 is 1.50 bits per heavy atom. The number of ether oxygens (including phenoxy) is 1. The molecule has 1 atom stereocenters. The molecule has 1 aromatic heterocycles. The fourth-order valence-electron chi connectivity index (χ4n) is 2.57. The molecule has 0 saturated carbocycles. The molecule has 1 fully saturated rings. The highest BCUT2D eigenvalue weighted by Gasteiger charge is 2.47. The van der Waals surface area contributed by atoms with Crippen LogP contribution in [0.5, 0.6) is 0 Å². The lowest BCUT2D eigenvalue weighted by Gasteiger charge is -2.23. The molecule has 1 amide bonds. The number of aliphatic carboxylic acids is 1. The van der Waals surface area contributed by atoms with Gasteiger partial charge in [0.2, 0.25) is 0 Å². The normalized spacial score (nSPS) is 22.1. The Bertz CT molecular complexity index is 575. The van der Waals surface area contributed by atoms with Gasteiger partial charge in [0, 0.05) is 31.7 Å². The maximum atomic E-state index is 12.5. The molecule has 122 valence electrons. The van der Waals surface area contributed by atoms with Crippen molar-refractivity contribution in [2.75, 3.05) is 26.8 Å². The summed E-state index contributed by atoms with van der Waals surface area (Å²) in [6.45, 7) is 6.46. The van der Waals surface area contributed by atoms with Crippen molar-refractivity contribution in [2.45, 2.75) is 32.6 Å². The lowest BCUT2D eigenvalue weighted by atomic mass is 9.88. The van der Waals surface area contributed by atoms with Crippen molar-refractivity contribution < 1.29 is 24.0 Å². The topological polar surface area (TPSA) is 92.9 Å². The third-order valence-electron chi connectivity index (χ3n) is 3.98. The number of carboxylic acid groups (broad SMARTS) is 1. The minimum atomic E-state index is -1.04. The average molecular weight is 310 g/mol. The van der Waals surface area contributed by atoms with Crippen LogP contribution in [0.15, 0.2) is 10.6 Å². The fourth-order valence-corrected chi connectivity index (χ4v) is 2.57. The van der Waals surface area contributed by atoms with Crippen molar-refractivity contribution in [3.05, 3.63) is 17.5 Å². The van der Waals surface area contributed by atoms with Crippen LogP contribution in [0.4, 0.5) is 0 Å². The van der Waals surface area contributed by atoms with Gasteiger partial charge in [-0.05, 0) is 6.42 Å². The molecule has 0 radical (unpaired) electrons. The fraction of sp³-hybridized carbons (Fsp3) is 0.667. The molecule has 1 unspecified atom stereocenters. The molecule has 1 aliphatic heterocycles. The molecule has 7 nitrogen and oxygen atoms in total. The van der Waals surface area contributed by atoms with Crippen molar-refractivity contribution in [2.24, 2.45) is 5.41 Å². The van der Waals surface area contributed by atoms with E-state index in [0.29, 0.717) is 18.7 Å². The molecule has 1 N–H and O–H groups in total. The molecule has 2 heterocycles. The van der Waals surface area contributed by atoms with Crippen molar-refractivity contribution in [3.63, 3.8) is 0 Å². The first-order valence-electron chi connectivity index (χ1n) is 7.18. The van der Waals surface area contributed by atoms with E-state index < -0.39 is 11.4 Å². The van der Waals surface area contributed by atoms with Crippen LogP contribution in [-0.2, 0) is 14.9 Å². The highest BCUT2D eigenvalue weighted by atomic mass is 16.5. The molecule has 0 bridgehead atoms. The van der Waals surface area contributed by atoms with Gasteiger partial charge in [-0.15, -0.1) is 0 Å². The van der Waals surface area contributed by atoms with Gasteiger partial charge in [0.05, 0.1) is 6.61 Å². The van der Waals surface area contributed by atoms with Gasteiger partial charge in [-0.2, -0.15) is 0 Å². The van der Waals surface area contributed by atoms with Gasteiger partial charge in [-0.1, -0.05) is 25.9 Å². The molecule has 1 saturated heterocycles. The Morgan fingerprint density at radius 2 is 2.18 bits per heavy atom. The number of methoxy groups -OCH3 is 1. The van der Waals surface area contributed by atoms with Gasteiger partial charge in [0.15, 0.2) is 5.69 Å². The van der Waals surface area contributed by atoms with Crippen LogP contribution in [0.1, 0.15) is 43.4 Å². The Labute approximate surface area is 129 Å². The van der Waals surface area contributed by atoms with E-state index in [9.17, 15) is 14.7 Å². The lowest BCUT2D eigenvalue weighted by molar-refractivity contribution is -0.151. The number of rotatable bonds is 4. The van der Waals surface area contributed by atoms with Crippen molar-refractivity contribution in [1.29, 1.82) is 0 Å². The minimum absolute atomic E-state index is 0.0815. The predicted molar refractivity (Wildman–Crippen MR) is 77.7 cm³/mol. The second-order valence-corrected chi connectivity index (χ2v) is 6.82. The molecule has 1 aliphatic rings. The SMILES string of the molecule is COCC1(C(=O)O)CCN(C(=O)c2cc(C(C)(C)C)on2)C1. The highest BCUT2D eigenvalue weighted by molar-refractivity contribution is 5.93. The number of carbonyl (C=O) groups excluding carboxylic acids is 1. The second-order valence-electron chi connectivity index (χ2n) is 6.82. The van der Waals surface area contributed by atoms with E-state index >= 15 is 0 Å². The van der Waals surface area contributed by atoms with Crippen molar-refractivity contribution >= 4 is 11.9 Å². The number of aromatic nitrogens is 1. The number of likely N-dealkylation sites (tertiary alicyclic amines) is 1. The summed E-state index contributed by atoms with van der Waals surface area (Å²) in [7, 11) is 1.46. The van der Waals surface area contributed by atoms with E-state index in [1.54, 1.807) is 6.07 Å². The summed E-state index contributed by atoms with van der Waals surface area (Å²) in [6.07, 6.45) is 0.367. The van der Waals surface area contributed by atoms with Crippen LogP contribution in [-0.4, -0.2) is 53.8 Å². The van der Waals surface area contributed by atoms with Crippen LogP contribution < -0.4 is 0 Å². The summed E-state index contributed by atoms with van der Waals surface area (Å²) in [5.41, 5.74) is -1.07. The van der Waals surface area contributed by atoms with E-state index in [4.69, 9.17) is 9.26 Å². The molecular formula is C15H22N2O5. The van der Waals surface area contributed by atoms with Crippen LogP contribution in [0.2, 0.25) is 0 Å². The van der Waals surface area contributed by atoms with E-state index in [2.05, 4.69) is 5.16 Å². The quantitative estimate of drug-likeness (QED) is 0.906. The summed E-state index contributed by atoms with van der Waals surface area (Å²) < 4.78 is 10.2. The molecule has 7 heteroatoms. The second kappa shape index (κ2) is 5.72. The van der Waals surface area contributed by atoms with Gasteiger partial charge >= 0.3 is 5.97 Å². The number of nitrogens with zero attached hydrogens (tertiary/aromatic N) is 2. The molecule has 2 rings (SSSR count). The lowest BCUT2D eigenvalue weighted by Crippen LogP contribution is -2.40. The third-order valence-corrected chi connectivity index (χ3v) is 3.98. The number of amides is 1. The van der Waals surface area contributed by atoms with Crippen molar-refractivity contribution in [3.8, 4) is 0 Å². The minimum Gasteiger partial charge on any atom is -0.481 e. The molecular weight excluding hydrogens is 288 g/mol.